The molecular formula is C26H18N4O2. The third-order valence-electron chi connectivity index (χ3n) is 5.58. The van der Waals surface area contributed by atoms with E-state index >= 15 is 0 Å². The molecule has 0 atom stereocenters. The number of hydrogen-bond acceptors (Lipinski definition) is 4. The molecule has 0 aliphatic carbocycles. The molecule has 0 unspecified atom stereocenters. The Hall–Kier alpha value is -4.58. The van der Waals surface area contributed by atoms with E-state index in [0.29, 0.717) is 44.8 Å². The number of rotatable bonds is 1. The van der Waals surface area contributed by atoms with Crippen LogP contribution in [0.25, 0.3) is 57.5 Å². The summed E-state index contributed by atoms with van der Waals surface area (Å²) in [6.45, 7) is 0. The SMILES string of the molecule is On1c2ccc1cc1nc(cc3c(-c4ccccc4)cc(cc4nc(c2)C=C4)n3O)C=C1. The van der Waals surface area contributed by atoms with Gasteiger partial charge in [0.25, 0.3) is 0 Å². The van der Waals surface area contributed by atoms with Crippen LogP contribution in [0.15, 0.2) is 72.8 Å². The Morgan fingerprint density at radius 3 is 1.66 bits per heavy atom. The zero-order valence-electron chi connectivity index (χ0n) is 16.9. The van der Waals surface area contributed by atoms with Crippen LogP contribution in [0.2, 0.25) is 0 Å². The monoisotopic (exact) mass is 418 g/mol. The molecule has 154 valence electrons. The van der Waals surface area contributed by atoms with E-state index in [2.05, 4.69) is 9.97 Å². The molecule has 0 fully saturated rings. The van der Waals surface area contributed by atoms with Crippen LogP contribution in [0, 0.1) is 0 Å². The van der Waals surface area contributed by atoms with Crippen LogP contribution >= 0.6 is 0 Å². The Bertz CT molecular complexity index is 1590. The lowest BCUT2D eigenvalue weighted by Crippen LogP contribution is -1.90. The first-order valence-corrected chi connectivity index (χ1v) is 10.2. The lowest BCUT2D eigenvalue weighted by atomic mass is 10.1. The highest BCUT2D eigenvalue weighted by Gasteiger charge is 2.11. The fourth-order valence-corrected chi connectivity index (χ4v) is 4.01. The van der Waals surface area contributed by atoms with Gasteiger partial charge in [-0.2, -0.15) is 9.46 Å². The van der Waals surface area contributed by atoms with Crippen LogP contribution in [-0.4, -0.2) is 29.8 Å². The maximum Gasteiger partial charge on any atom is 0.0900 e. The summed E-state index contributed by atoms with van der Waals surface area (Å²) in [5, 5.41) is 21.6. The molecule has 1 aromatic carbocycles. The Morgan fingerprint density at radius 2 is 1.06 bits per heavy atom. The van der Waals surface area contributed by atoms with E-state index in [0.717, 1.165) is 15.9 Å². The molecule has 2 aliphatic rings. The lowest BCUT2D eigenvalue weighted by molar-refractivity contribution is 0.212. The molecule has 4 aromatic rings. The second-order valence-electron chi connectivity index (χ2n) is 7.71. The van der Waals surface area contributed by atoms with E-state index in [1.807, 2.05) is 85.0 Å². The van der Waals surface area contributed by atoms with Gasteiger partial charge in [0.2, 0.25) is 0 Å². The topological polar surface area (TPSA) is 76.1 Å². The standard InChI is InChI=1S/C26H18N4O2/c31-29-22-10-11-23(29)13-19-8-9-21(28-19)15-26-25(17-4-2-1-3-5-17)16-24(30(26)32)14-20-7-6-18(12-22)27-20/h1-16,31-32H. The Labute approximate surface area is 183 Å². The van der Waals surface area contributed by atoms with Gasteiger partial charge in [0.15, 0.2) is 0 Å². The van der Waals surface area contributed by atoms with E-state index in [1.165, 1.54) is 4.73 Å². The van der Waals surface area contributed by atoms with Crippen molar-refractivity contribution in [3.8, 4) is 11.1 Å². The number of benzene rings is 1. The van der Waals surface area contributed by atoms with Crippen LogP contribution in [-0.2, 0) is 0 Å². The molecule has 0 spiro atoms. The molecule has 6 rings (SSSR count). The third kappa shape index (κ3) is 3.06. The summed E-state index contributed by atoms with van der Waals surface area (Å²) in [6.07, 6.45) is 7.52. The van der Waals surface area contributed by atoms with Crippen LogP contribution in [0.4, 0.5) is 0 Å². The van der Waals surface area contributed by atoms with Crippen molar-refractivity contribution >= 4 is 46.4 Å². The number of hydrogen-bond donors (Lipinski definition) is 2. The zero-order valence-corrected chi connectivity index (χ0v) is 16.9. The van der Waals surface area contributed by atoms with Crippen molar-refractivity contribution in [1.82, 2.24) is 19.4 Å². The average molecular weight is 418 g/mol. The number of fused-ring (bicyclic) bond motifs is 8. The van der Waals surface area contributed by atoms with Gasteiger partial charge in [0.1, 0.15) is 0 Å². The highest BCUT2D eigenvalue weighted by molar-refractivity contribution is 5.88. The number of aromatic nitrogens is 4. The zero-order chi connectivity index (χ0) is 21.7. The maximum absolute atomic E-state index is 11.0. The number of nitrogens with zero attached hydrogens (tertiary/aromatic N) is 4. The minimum atomic E-state index is 0.609. The third-order valence-corrected chi connectivity index (χ3v) is 5.58. The molecule has 32 heavy (non-hydrogen) atoms. The largest absolute Gasteiger partial charge is 0.428 e. The quantitative estimate of drug-likeness (QED) is 0.334. The molecule has 6 heteroatoms. The lowest BCUT2D eigenvalue weighted by Gasteiger charge is -1.99. The van der Waals surface area contributed by atoms with Crippen molar-refractivity contribution < 1.29 is 10.4 Å². The van der Waals surface area contributed by atoms with Crippen LogP contribution in [0.5, 0.6) is 0 Å². The maximum atomic E-state index is 11.0. The minimum Gasteiger partial charge on any atom is -0.428 e. The summed E-state index contributed by atoms with van der Waals surface area (Å²) >= 11 is 0. The highest BCUT2D eigenvalue weighted by atomic mass is 16.5. The molecule has 3 aromatic heterocycles. The highest BCUT2D eigenvalue weighted by Crippen LogP contribution is 2.29. The normalized spacial score (nSPS) is 12.4. The van der Waals surface area contributed by atoms with E-state index < -0.39 is 0 Å². The second kappa shape index (κ2) is 6.99. The van der Waals surface area contributed by atoms with Crippen LogP contribution in [0.3, 0.4) is 0 Å². The molecule has 5 heterocycles. The van der Waals surface area contributed by atoms with Crippen molar-refractivity contribution in [3.05, 3.63) is 95.6 Å². The molecule has 0 saturated heterocycles. The van der Waals surface area contributed by atoms with Crippen LogP contribution in [0.1, 0.15) is 22.8 Å². The summed E-state index contributed by atoms with van der Waals surface area (Å²) in [5.74, 6) is 0. The average Bonchev–Trinajstić information content (AvgIpc) is 3.57. The van der Waals surface area contributed by atoms with Crippen molar-refractivity contribution in [3.63, 3.8) is 0 Å². The molecule has 6 nitrogen and oxygen atoms in total. The van der Waals surface area contributed by atoms with Gasteiger partial charge in [-0.15, -0.1) is 0 Å². The molecule has 0 radical (unpaired) electrons. The predicted molar refractivity (Wildman–Crippen MR) is 126 cm³/mol. The van der Waals surface area contributed by atoms with Crippen molar-refractivity contribution in [2.75, 3.05) is 0 Å². The van der Waals surface area contributed by atoms with E-state index in [-0.39, 0.29) is 0 Å². The molecule has 2 aliphatic heterocycles. The van der Waals surface area contributed by atoms with Gasteiger partial charge in [-0.3, -0.25) is 0 Å². The van der Waals surface area contributed by atoms with Gasteiger partial charge in [-0.1, -0.05) is 30.3 Å². The summed E-state index contributed by atoms with van der Waals surface area (Å²) in [5.41, 5.74) is 7.19. The van der Waals surface area contributed by atoms with Crippen molar-refractivity contribution in [2.45, 2.75) is 0 Å². The van der Waals surface area contributed by atoms with Crippen LogP contribution < -0.4 is 0 Å². The van der Waals surface area contributed by atoms with Crippen molar-refractivity contribution in [1.29, 1.82) is 0 Å². The summed E-state index contributed by atoms with van der Waals surface area (Å²) < 4.78 is 2.30. The fourth-order valence-electron chi connectivity index (χ4n) is 4.01. The molecule has 0 amide bonds. The Morgan fingerprint density at radius 1 is 0.531 bits per heavy atom. The molecule has 2 N–H and O–H groups in total. The van der Waals surface area contributed by atoms with Gasteiger partial charge in [0, 0.05) is 5.56 Å². The minimum absolute atomic E-state index is 0.609. The van der Waals surface area contributed by atoms with Gasteiger partial charge >= 0.3 is 0 Å². The summed E-state index contributed by atoms with van der Waals surface area (Å²) in [6, 6.07) is 22.8. The Balaban J connectivity index is 1.74. The van der Waals surface area contributed by atoms with E-state index in [9.17, 15) is 10.4 Å². The molecule has 0 saturated carbocycles. The van der Waals surface area contributed by atoms with Gasteiger partial charge in [-0.05, 0) is 72.3 Å². The fraction of sp³-hybridized carbons (Fsp3) is 0. The van der Waals surface area contributed by atoms with Gasteiger partial charge < -0.3 is 10.4 Å². The first-order valence-electron chi connectivity index (χ1n) is 10.2. The van der Waals surface area contributed by atoms with Gasteiger partial charge in [0.05, 0.1) is 44.8 Å². The Kier molecular flexibility index (Phi) is 3.98. The van der Waals surface area contributed by atoms with Crippen molar-refractivity contribution in [2.24, 2.45) is 0 Å². The summed E-state index contributed by atoms with van der Waals surface area (Å²) in [7, 11) is 0. The second-order valence-corrected chi connectivity index (χ2v) is 7.71. The van der Waals surface area contributed by atoms with Gasteiger partial charge in [-0.25, -0.2) is 9.97 Å². The van der Waals surface area contributed by atoms with E-state index in [1.54, 1.807) is 12.1 Å². The van der Waals surface area contributed by atoms with E-state index in [4.69, 9.17) is 0 Å². The summed E-state index contributed by atoms with van der Waals surface area (Å²) in [4.78, 5) is 9.25. The predicted octanol–water partition coefficient (Wildman–Crippen LogP) is 5.74. The molecular weight excluding hydrogens is 400 g/mol. The first kappa shape index (κ1) is 18.2. The smallest absolute Gasteiger partial charge is 0.0900 e. The molecule has 8 bridgehead atoms. The first-order chi connectivity index (χ1) is 15.6.